The number of H-pyrrole nitrogens is 1. The quantitative estimate of drug-likeness (QED) is 0.584. The number of amides is 2. The number of carbonyl (C=O) groups is 1. The van der Waals surface area contributed by atoms with Crippen LogP contribution in [0.4, 0.5) is 4.79 Å². The Bertz CT molecular complexity index is 901. The van der Waals surface area contributed by atoms with Gasteiger partial charge in [-0.3, -0.25) is 0 Å². The van der Waals surface area contributed by atoms with Gasteiger partial charge in [0.05, 0.1) is 13.1 Å². The number of aromatic nitrogens is 1. The fourth-order valence-corrected chi connectivity index (χ4v) is 3.78. The molecule has 1 aliphatic rings. The second-order valence-electron chi connectivity index (χ2n) is 6.96. The monoisotopic (exact) mass is 349 g/mol. The molecule has 1 aromatic heterocycles. The molecule has 4 rings (SSSR count). The zero-order valence-electron chi connectivity index (χ0n) is 14.6. The first-order valence-electron chi connectivity index (χ1n) is 9.03. The molecule has 5 heteroatoms. The maximum atomic E-state index is 12.2. The lowest BCUT2D eigenvalue weighted by molar-refractivity contribution is 0.0217. The summed E-state index contributed by atoms with van der Waals surface area (Å²) in [6, 6.07) is 17.7. The summed E-state index contributed by atoms with van der Waals surface area (Å²) in [4.78, 5) is 15.5. The number of para-hydroxylation sites is 1. The number of carbonyl (C=O) groups excluding carboxylic acids is 1. The molecule has 0 aliphatic heterocycles. The van der Waals surface area contributed by atoms with Crippen LogP contribution in [-0.4, -0.2) is 22.7 Å². The SMILES string of the molecule is O=C(NCc1cc2ccccc2[nH]1)NCC1(O)CCCc2ccccc21. The van der Waals surface area contributed by atoms with Gasteiger partial charge in [0.15, 0.2) is 0 Å². The number of aliphatic hydroxyl groups is 1. The van der Waals surface area contributed by atoms with Gasteiger partial charge in [0, 0.05) is 11.2 Å². The highest BCUT2D eigenvalue weighted by atomic mass is 16.3. The van der Waals surface area contributed by atoms with E-state index in [2.05, 4.69) is 21.7 Å². The van der Waals surface area contributed by atoms with Crippen molar-refractivity contribution in [3.05, 3.63) is 71.4 Å². The Kier molecular flexibility index (Phi) is 4.39. The van der Waals surface area contributed by atoms with Gasteiger partial charge in [-0.25, -0.2) is 4.79 Å². The molecule has 1 atom stereocenters. The minimum atomic E-state index is -0.993. The third-order valence-corrected chi connectivity index (χ3v) is 5.12. The summed E-state index contributed by atoms with van der Waals surface area (Å²) in [6.45, 7) is 0.623. The van der Waals surface area contributed by atoms with Gasteiger partial charge in [0.1, 0.15) is 5.60 Å². The van der Waals surface area contributed by atoms with Crippen LogP contribution < -0.4 is 10.6 Å². The highest BCUT2D eigenvalue weighted by molar-refractivity contribution is 5.80. The van der Waals surface area contributed by atoms with Crippen LogP contribution in [0, 0.1) is 0 Å². The highest BCUT2D eigenvalue weighted by Crippen LogP contribution is 2.34. The number of rotatable bonds is 4. The van der Waals surface area contributed by atoms with Gasteiger partial charge in [-0.05, 0) is 47.9 Å². The Morgan fingerprint density at radius 3 is 2.81 bits per heavy atom. The van der Waals surface area contributed by atoms with Gasteiger partial charge >= 0.3 is 6.03 Å². The van der Waals surface area contributed by atoms with E-state index in [1.54, 1.807) is 0 Å². The molecule has 0 radical (unpaired) electrons. The van der Waals surface area contributed by atoms with E-state index in [0.717, 1.165) is 35.0 Å². The van der Waals surface area contributed by atoms with Gasteiger partial charge in [0.25, 0.3) is 0 Å². The molecule has 0 saturated heterocycles. The van der Waals surface area contributed by atoms with Gasteiger partial charge in [-0.15, -0.1) is 0 Å². The molecule has 0 saturated carbocycles. The third kappa shape index (κ3) is 3.30. The number of hydrogen-bond donors (Lipinski definition) is 4. The predicted octanol–water partition coefficient (Wildman–Crippen LogP) is 3.19. The molecule has 1 unspecified atom stereocenters. The molecule has 1 heterocycles. The number of aromatic amines is 1. The Morgan fingerprint density at radius 2 is 1.92 bits per heavy atom. The molecular formula is C21H23N3O2. The van der Waals surface area contributed by atoms with E-state index >= 15 is 0 Å². The van der Waals surface area contributed by atoms with E-state index < -0.39 is 5.60 Å². The molecule has 2 amide bonds. The number of nitrogens with one attached hydrogen (secondary N) is 3. The predicted molar refractivity (Wildman–Crippen MR) is 102 cm³/mol. The smallest absolute Gasteiger partial charge is 0.315 e. The second kappa shape index (κ2) is 6.84. The molecule has 134 valence electrons. The van der Waals surface area contributed by atoms with Crippen molar-refractivity contribution in [2.24, 2.45) is 0 Å². The molecular weight excluding hydrogens is 326 g/mol. The topological polar surface area (TPSA) is 77.2 Å². The van der Waals surface area contributed by atoms with Crippen molar-refractivity contribution in [3.63, 3.8) is 0 Å². The summed E-state index contributed by atoms with van der Waals surface area (Å²) in [6.07, 6.45) is 2.56. The lowest BCUT2D eigenvalue weighted by atomic mass is 9.79. The van der Waals surface area contributed by atoms with Gasteiger partial charge in [0.2, 0.25) is 0 Å². The van der Waals surface area contributed by atoms with Gasteiger partial charge < -0.3 is 20.7 Å². The zero-order chi connectivity index (χ0) is 18.0. The summed E-state index contributed by atoms with van der Waals surface area (Å²) in [5.74, 6) is 0. The van der Waals surface area contributed by atoms with E-state index in [-0.39, 0.29) is 12.6 Å². The molecule has 4 N–H and O–H groups in total. The number of aryl methyl sites for hydroxylation is 1. The van der Waals surface area contributed by atoms with Crippen molar-refractivity contribution >= 4 is 16.9 Å². The summed E-state index contributed by atoms with van der Waals surface area (Å²) >= 11 is 0. The number of hydrogen-bond acceptors (Lipinski definition) is 2. The Labute approximate surface area is 152 Å². The van der Waals surface area contributed by atoms with E-state index in [0.29, 0.717) is 13.0 Å². The van der Waals surface area contributed by atoms with Crippen LogP contribution in [-0.2, 0) is 18.6 Å². The zero-order valence-corrected chi connectivity index (χ0v) is 14.6. The first-order valence-corrected chi connectivity index (χ1v) is 9.03. The lowest BCUT2D eigenvalue weighted by Crippen LogP contribution is -2.46. The molecule has 26 heavy (non-hydrogen) atoms. The summed E-state index contributed by atoms with van der Waals surface area (Å²) in [7, 11) is 0. The first kappa shape index (κ1) is 16.7. The maximum Gasteiger partial charge on any atom is 0.315 e. The standard InChI is InChI=1S/C21H23N3O2/c25-20(22-13-17-12-16-7-2-4-10-19(16)24-17)23-14-21(26)11-5-8-15-6-1-3-9-18(15)21/h1-4,6-7,9-10,12,24,26H,5,8,11,13-14H2,(H2,22,23,25). The number of urea groups is 1. The molecule has 0 spiro atoms. The first-order chi connectivity index (χ1) is 12.6. The van der Waals surface area contributed by atoms with Crippen LogP contribution in [0.1, 0.15) is 29.7 Å². The fourth-order valence-electron chi connectivity index (χ4n) is 3.78. The molecule has 5 nitrogen and oxygen atoms in total. The molecule has 2 aromatic carbocycles. The third-order valence-electron chi connectivity index (χ3n) is 5.12. The minimum absolute atomic E-state index is 0.211. The Morgan fingerprint density at radius 1 is 1.12 bits per heavy atom. The van der Waals surface area contributed by atoms with Gasteiger partial charge in [-0.2, -0.15) is 0 Å². The highest BCUT2D eigenvalue weighted by Gasteiger charge is 2.34. The van der Waals surface area contributed by atoms with Crippen molar-refractivity contribution < 1.29 is 9.90 Å². The van der Waals surface area contributed by atoms with Crippen molar-refractivity contribution in [3.8, 4) is 0 Å². The molecule has 0 fully saturated rings. The van der Waals surface area contributed by atoms with E-state index in [1.165, 1.54) is 5.56 Å². The summed E-state index contributed by atoms with van der Waals surface area (Å²) in [5.41, 5.74) is 3.11. The second-order valence-corrected chi connectivity index (χ2v) is 6.96. The Hall–Kier alpha value is -2.79. The van der Waals surface area contributed by atoms with E-state index in [4.69, 9.17) is 0 Å². The average molecular weight is 349 g/mol. The van der Waals surface area contributed by atoms with Crippen LogP contribution in [0.2, 0.25) is 0 Å². The fraction of sp³-hybridized carbons (Fsp3) is 0.286. The Balaban J connectivity index is 1.35. The van der Waals surface area contributed by atoms with Crippen molar-refractivity contribution in [1.29, 1.82) is 0 Å². The molecule has 0 bridgehead atoms. The minimum Gasteiger partial charge on any atom is -0.383 e. The summed E-state index contributed by atoms with van der Waals surface area (Å²) in [5, 5.41) is 17.8. The average Bonchev–Trinajstić information content (AvgIpc) is 3.08. The van der Waals surface area contributed by atoms with Crippen molar-refractivity contribution in [2.75, 3.05) is 6.54 Å². The van der Waals surface area contributed by atoms with Crippen LogP contribution in [0.25, 0.3) is 10.9 Å². The summed E-state index contributed by atoms with van der Waals surface area (Å²) < 4.78 is 0. The largest absolute Gasteiger partial charge is 0.383 e. The van der Waals surface area contributed by atoms with Crippen LogP contribution in [0.15, 0.2) is 54.6 Å². The van der Waals surface area contributed by atoms with Crippen LogP contribution in [0.5, 0.6) is 0 Å². The van der Waals surface area contributed by atoms with Crippen molar-refractivity contribution in [2.45, 2.75) is 31.4 Å². The van der Waals surface area contributed by atoms with Gasteiger partial charge in [-0.1, -0.05) is 42.5 Å². The van der Waals surface area contributed by atoms with E-state index in [9.17, 15) is 9.90 Å². The molecule has 1 aliphatic carbocycles. The van der Waals surface area contributed by atoms with Crippen LogP contribution in [0.3, 0.4) is 0 Å². The van der Waals surface area contributed by atoms with Crippen LogP contribution >= 0.6 is 0 Å². The maximum absolute atomic E-state index is 12.2. The molecule has 3 aromatic rings. The van der Waals surface area contributed by atoms with Crippen molar-refractivity contribution in [1.82, 2.24) is 15.6 Å². The normalized spacial score (nSPS) is 19.1. The number of fused-ring (bicyclic) bond motifs is 2. The number of benzene rings is 2. The van der Waals surface area contributed by atoms with E-state index in [1.807, 2.05) is 48.5 Å². The lowest BCUT2D eigenvalue weighted by Gasteiger charge is -2.34.